The molecule has 1 nitrogen and oxygen atoms in total. The summed E-state index contributed by atoms with van der Waals surface area (Å²) in [6.45, 7) is 2.16. The highest BCUT2D eigenvalue weighted by atomic mass is 79.9. The van der Waals surface area contributed by atoms with Gasteiger partial charge in [-0.3, -0.25) is 0 Å². The molecule has 0 N–H and O–H groups in total. The van der Waals surface area contributed by atoms with Crippen LogP contribution in [0.15, 0.2) is 46.9 Å². The number of halogens is 2. The number of rotatable bonds is 3. The van der Waals surface area contributed by atoms with Gasteiger partial charge in [-0.2, -0.15) is 0 Å². The van der Waals surface area contributed by atoms with Crippen LogP contribution in [-0.2, 0) is 6.61 Å². The van der Waals surface area contributed by atoms with E-state index in [0.717, 1.165) is 5.56 Å². The van der Waals surface area contributed by atoms with Crippen LogP contribution in [-0.4, -0.2) is 0 Å². The SMILES string of the molecule is Cc1ccc(OCc2ccccc2)c(Br)c1F. The molecule has 0 unspecified atom stereocenters. The van der Waals surface area contributed by atoms with Gasteiger partial charge >= 0.3 is 0 Å². The molecule has 0 aliphatic carbocycles. The van der Waals surface area contributed by atoms with Gasteiger partial charge in [0, 0.05) is 0 Å². The van der Waals surface area contributed by atoms with Crippen molar-refractivity contribution >= 4 is 15.9 Å². The zero-order valence-electron chi connectivity index (χ0n) is 9.41. The highest BCUT2D eigenvalue weighted by Gasteiger charge is 2.09. The summed E-state index contributed by atoms with van der Waals surface area (Å²) in [6, 6.07) is 13.3. The number of hydrogen-bond donors (Lipinski definition) is 0. The van der Waals surface area contributed by atoms with Gasteiger partial charge in [-0.05, 0) is 40.0 Å². The van der Waals surface area contributed by atoms with Crippen molar-refractivity contribution < 1.29 is 9.13 Å². The minimum absolute atomic E-state index is 0.268. The van der Waals surface area contributed by atoms with Crippen LogP contribution >= 0.6 is 15.9 Å². The normalized spacial score (nSPS) is 10.3. The van der Waals surface area contributed by atoms with Gasteiger partial charge in [0.05, 0.1) is 4.47 Å². The second-order valence-electron chi connectivity index (χ2n) is 3.78. The molecule has 3 heteroatoms. The molecule has 0 saturated carbocycles. The highest BCUT2D eigenvalue weighted by Crippen LogP contribution is 2.30. The average molecular weight is 295 g/mol. The van der Waals surface area contributed by atoms with Crippen molar-refractivity contribution in [2.24, 2.45) is 0 Å². The summed E-state index contributed by atoms with van der Waals surface area (Å²) in [7, 11) is 0. The van der Waals surface area contributed by atoms with Crippen LogP contribution < -0.4 is 4.74 Å². The molecule has 0 saturated heterocycles. The van der Waals surface area contributed by atoms with Gasteiger partial charge in [0.25, 0.3) is 0 Å². The molecular weight excluding hydrogens is 283 g/mol. The van der Waals surface area contributed by atoms with E-state index in [1.165, 1.54) is 0 Å². The summed E-state index contributed by atoms with van der Waals surface area (Å²) in [4.78, 5) is 0. The van der Waals surface area contributed by atoms with Crippen molar-refractivity contribution in [2.75, 3.05) is 0 Å². The van der Waals surface area contributed by atoms with Gasteiger partial charge in [0.15, 0.2) is 0 Å². The lowest BCUT2D eigenvalue weighted by Gasteiger charge is -2.09. The van der Waals surface area contributed by atoms with E-state index >= 15 is 0 Å². The fourth-order valence-electron chi connectivity index (χ4n) is 1.48. The van der Waals surface area contributed by atoms with E-state index in [2.05, 4.69) is 15.9 Å². The summed E-state index contributed by atoms with van der Waals surface area (Å²) in [5.41, 5.74) is 1.66. The monoisotopic (exact) mass is 294 g/mol. The molecule has 2 aromatic rings. The summed E-state index contributed by atoms with van der Waals surface area (Å²) < 4.78 is 19.5. The molecule has 2 rings (SSSR count). The molecule has 0 atom stereocenters. The molecule has 88 valence electrons. The standard InChI is InChI=1S/C14H12BrFO/c1-10-7-8-12(13(15)14(10)16)17-9-11-5-3-2-4-6-11/h2-8H,9H2,1H3. The lowest BCUT2D eigenvalue weighted by Crippen LogP contribution is -1.97. The first kappa shape index (κ1) is 12.1. The van der Waals surface area contributed by atoms with E-state index in [-0.39, 0.29) is 5.82 Å². The number of ether oxygens (including phenoxy) is 1. The second-order valence-corrected chi connectivity index (χ2v) is 4.58. The minimum Gasteiger partial charge on any atom is -0.488 e. The zero-order valence-corrected chi connectivity index (χ0v) is 11.0. The van der Waals surface area contributed by atoms with E-state index in [0.29, 0.717) is 22.4 Å². The lowest BCUT2D eigenvalue weighted by molar-refractivity contribution is 0.302. The Balaban J connectivity index is 2.13. The van der Waals surface area contributed by atoms with E-state index in [9.17, 15) is 4.39 Å². The van der Waals surface area contributed by atoms with Crippen molar-refractivity contribution in [1.82, 2.24) is 0 Å². The van der Waals surface area contributed by atoms with Gasteiger partial charge in [-0.25, -0.2) is 4.39 Å². The topological polar surface area (TPSA) is 9.23 Å². The lowest BCUT2D eigenvalue weighted by atomic mass is 10.2. The Bertz CT molecular complexity index is 511. The van der Waals surface area contributed by atoms with Crippen LogP contribution in [0, 0.1) is 12.7 Å². The Morgan fingerprint density at radius 1 is 1.12 bits per heavy atom. The summed E-state index contributed by atoms with van der Waals surface area (Å²) in [5, 5.41) is 0. The largest absolute Gasteiger partial charge is 0.488 e. The first-order valence-electron chi connectivity index (χ1n) is 5.30. The maximum Gasteiger partial charge on any atom is 0.144 e. The fraction of sp³-hybridized carbons (Fsp3) is 0.143. The smallest absolute Gasteiger partial charge is 0.144 e. The van der Waals surface area contributed by atoms with Crippen molar-refractivity contribution in [3.05, 3.63) is 63.9 Å². The minimum atomic E-state index is -0.268. The van der Waals surface area contributed by atoms with Gasteiger partial charge < -0.3 is 4.74 Å². The van der Waals surface area contributed by atoms with E-state index in [1.807, 2.05) is 30.3 Å². The Hall–Kier alpha value is -1.35. The third-order valence-electron chi connectivity index (χ3n) is 2.48. The maximum absolute atomic E-state index is 13.6. The first-order valence-corrected chi connectivity index (χ1v) is 6.09. The van der Waals surface area contributed by atoms with Gasteiger partial charge in [0.1, 0.15) is 18.2 Å². The molecule has 0 aliphatic rings. The molecule has 0 radical (unpaired) electrons. The molecule has 0 bridgehead atoms. The van der Waals surface area contributed by atoms with Crippen LogP contribution in [0.3, 0.4) is 0 Å². The molecule has 0 aliphatic heterocycles. The zero-order chi connectivity index (χ0) is 12.3. The van der Waals surface area contributed by atoms with E-state index in [4.69, 9.17) is 4.74 Å². The Kier molecular flexibility index (Phi) is 3.79. The molecule has 0 fully saturated rings. The average Bonchev–Trinajstić information content (AvgIpc) is 2.36. The number of hydrogen-bond acceptors (Lipinski definition) is 1. The van der Waals surface area contributed by atoms with E-state index < -0.39 is 0 Å². The predicted molar refractivity (Wildman–Crippen MR) is 69.6 cm³/mol. The molecule has 0 amide bonds. The molecule has 17 heavy (non-hydrogen) atoms. The third-order valence-corrected chi connectivity index (χ3v) is 3.22. The summed E-state index contributed by atoms with van der Waals surface area (Å²) in [5.74, 6) is 0.257. The predicted octanol–water partition coefficient (Wildman–Crippen LogP) is 4.48. The van der Waals surface area contributed by atoms with E-state index in [1.54, 1.807) is 19.1 Å². The van der Waals surface area contributed by atoms with Crippen molar-refractivity contribution in [3.8, 4) is 5.75 Å². The number of aryl methyl sites for hydroxylation is 1. The summed E-state index contributed by atoms with van der Waals surface area (Å²) >= 11 is 3.20. The summed E-state index contributed by atoms with van der Waals surface area (Å²) in [6.07, 6.45) is 0. The third kappa shape index (κ3) is 2.86. The van der Waals surface area contributed by atoms with Crippen LogP contribution in [0.5, 0.6) is 5.75 Å². The van der Waals surface area contributed by atoms with Crippen molar-refractivity contribution in [2.45, 2.75) is 13.5 Å². The number of benzene rings is 2. The molecule has 2 aromatic carbocycles. The van der Waals surface area contributed by atoms with Gasteiger partial charge in [-0.15, -0.1) is 0 Å². The van der Waals surface area contributed by atoms with Crippen molar-refractivity contribution in [1.29, 1.82) is 0 Å². The molecule has 0 heterocycles. The maximum atomic E-state index is 13.6. The van der Waals surface area contributed by atoms with Crippen LogP contribution in [0.1, 0.15) is 11.1 Å². The highest BCUT2D eigenvalue weighted by molar-refractivity contribution is 9.10. The van der Waals surface area contributed by atoms with Crippen molar-refractivity contribution in [3.63, 3.8) is 0 Å². The quantitative estimate of drug-likeness (QED) is 0.811. The van der Waals surface area contributed by atoms with Gasteiger partial charge in [-0.1, -0.05) is 36.4 Å². The molecule has 0 spiro atoms. The molecule has 0 aromatic heterocycles. The fourth-order valence-corrected chi connectivity index (χ4v) is 2.03. The Labute approximate surface area is 108 Å². The Morgan fingerprint density at radius 3 is 2.53 bits per heavy atom. The van der Waals surface area contributed by atoms with Crippen LogP contribution in [0.25, 0.3) is 0 Å². The Morgan fingerprint density at radius 2 is 1.82 bits per heavy atom. The first-order chi connectivity index (χ1) is 8.18. The van der Waals surface area contributed by atoms with Crippen LogP contribution in [0.2, 0.25) is 0 Å². The van der Waals surface area contributed by atoms with Crippen LogP contribution in [0.4, 0.5) is 4.39 Å². The van der Waals surface area contributed by atoms with Gasteiger partial charge in [0.2, 0.25) is 0 Å². The second kappa shape index (κ2) is 5.32. The molecular formula is C14H12BrFO.